The molecule has 4 aliphatic rings. The maximum atomic E-state index is 4.19. The van der Waals surface area contributed by atoms with Gasteiger partial charge in [-0.3, -0.25) is 0 Å². The SMILES string of the molecule is C=C.C=C(C)CCC(C)C1CCC2C3CCC4CC(CCCCCCCNC)CCC4(C)C3CCC12C.CC. The van der Waals surface area contributed by atoms with Gasteiger partial charge in [0.1, 0.15) is 0 Å². The third-order valence-corrected chi connectivity index (χ3v) is 12.6. The molecule has 0 bridgehead atoms. The molecule has 0 saturated heterocycles. The molecule has 0 radical (unpaired) electrons. The number of hydrogen-bond acceptors (Lipinski definition) is 1. The van der Waals surface area contributed by atoms with Crippen molar-refractivity contribution in [2.24, 2.45) is 52.3 Å². The van der Waals surface area contributed by atoms with Gasteiger partial charge in [-0.2, -0.15) is 0 Å². The van der Waals surface area contributed by atoms with E-state index in [-0.39, 0.29) is 0 Å². The van der Waals surface area contributed by atoms with Crippen LogP contribution in [0.5, 0.6) is 0 Å². The largest absolute Gasteiger partial charge is 0.320 e. The quantitative estimate of drug-likeness (QED) is 0.191. The van der Waals surface area contributed by atoms with Gasteiger partial charge in [0.2, 0.25) is 0 Å². The van der Waals surface area contributed by atoms with Crippen molar-refractivity contribution in [1.82, 2.24) is 5.32 Å². The van der Waals surface area contributed by atoms with Gasteiger partial charge in [-0.05, 0) is 150 Å². The second-order valence-electron chi connectivity index (χ2n) is 14.7. The van der Waals surface area contributed by atoms with E-state index in [1.807, 2.05) is 13.8 Å². The predicted molar refractivity (Wildman–Crippen MR) is 176 cm³/mol. The maximum Gasteiger partial charge on any atom is -0.00519 e. The predicted octanol–water partition coefficient (Wildman–Crippen LogP) is 11.6. The van der Waals surface area contributed by atoms with E-state index in [1.165, 1.54) is 82.7 Å². The molecule has 0 spiro atoms. The molecule has 1 heteroatoms. The Labute approximate surface area is 246 Å². The lowest BCUT2D eigenvalue weighted by Crippen LogP contribution is -2.53. The van der Waals surface area contributed by atoms with Gasteiger partial charge in [0, 0.05) is 0 Å². The van der Waals surface area contributed by atoms with Gasteiger partial charge in [-0.25, -0.2) is 0 Å². The molecule has 1 N–H and O–H groups in total. The molecule has 4 fully saturated rings. The van der Waals surface area contributed by atoms with Gasteiger partial charge in [0.25, 0.3) is 0 Å². The number of allylic oxidation sites excluding steroid dienone is 1. The van der Waals surface area contributed by atoms with E-state index in [9.17, 15) is 0 Å². The molecule has 4 saturated carbocycles. The molecule has 1 nitrogen and oxygen atoms in total. The Morgan fingerprint density at radius 1 is 0.846 bits per heavy atom. The molecule has 0 aromatic heterocycles. The Bertz CT molecular complexity index is 697. The Morgan fingerprint density at radius 3 is 2.18 bits per heavy atom. The van der Waals surface area contributed by atoms with Gasteiger partial charge in [-0.15, -0.1) is 19.7 Å². The fourth-order valence-corrected chi connectivity index (χ4v) is 10.5. The topological polar surface area (TPSA) is 12.0 Å². The zero-order valence-corrected chi connectivity index (χ0v) is 27.9. The highest BCUT2D eigenvalue weighted by atomic mass is 14.8. The van der Waals surface area contributed by atoms with Crippen molar-refractivity contribution in [3.05, 3.63) is 25.3 Å². The highest BCUT2D eigenvalue weighted by molar-refractivity contribution is 5.09. The van der Waals surface area contributed by atoms with Crippen LogP contribution in [-0.4, -0.2) is 13.6 Å². The average molecular weight is 542 g/mol. The minimum absolute atomic E-state index is 0.628. The molecule has 4 rings (SSSR count). The van der Waals surface area contributed by atoms with Crippen LogP contribution in [0.3, 0.4) is 0 Å². The summed E-state index contributed by atoms with van der Waals surface area (Å²) in [6, 6.07) is 0. The molecular weight excluding hydrogens is 470 g/mol. The molecule has 0 amide bonds. The van der Waals surface area contributed by atoms with E-state index in [0.29, 0.717) is 10.8 Å². The van der Waals surface area contributed by atoms with Crippen LogP contribution in [0.1, 0.15) is 151 Å². The maximum absolute atomic E-state index is 4.19. The third-order valence-electron chi connectivity index (χ3n) is 12.6. The molecule has 9 unspecified atom stereocenters. The van der Waals surface area contributed by atoms with Crippen molar-refractivity contribution in [2.45, 2.75) is 151 Å². The smallest absolute Gasteiger partial charge is 0.00519 e. The van der Waals surface area contributed by atoms with E-state index in [0.717, 1.165) is 41.4 Å². The summed E-state index contributed by atoms with van der Waals surface area (Å²) in [4.78, 5) is 0. The Hall–Kier alpha value is -0.560. The molecule has 0 heterocycles. The van der Waals surface area contributed by atoms with Gasteiger partial charge in [0.05, 0.1) is 0 Å². The molecule has 9 atom stereocenters. The van der Waals surface area contributed by atoms with Crippen LogP contribution < -0.4 is 5.32 Å². The van der Waals surface area contributed by atoms with Crippen LogP contribution in [-0.2, 0) is 0 Å². The van der Waals surface area contributed by atoms with Gasteiger partial charge in [0.15, 0.2) is 0 Å². The van der Waals surface area contributed by atoms with E-state index >= 15 is 0 Å². The zero-order chi connectivity index (χ0) is 29.1. The molecule has 0 aromatic rings. The molecule has 0 aromatic carbocycles. The lowest BCUT2D eigenvalue weighted by Gasteiger charge is -2.61. The summed E-state index contributed by atoms with van der Waals surface area (Å²) in [7, 11) is 2.08. The molecular formula is C38H71N. The van der Waals surface area contributed by atoms with Crippen LogP contribution in [0.15, 0.2) is 25.3 Å². The van der Waals surface area contributed by atoms with Crippen molar-refractivity contribution < 1.29 is 0 Å². The summed E-state index contributed by atoms with van der Waals surface area (Å²) >= 11 is 0. The summed E-state index contributed by atoms with van der Waals surface area (Å²) in [6.45, 7) is 25.7. The van der Waals surface area contributed by atoms with Crippen molar-refractivity contribution >= 4 is 0 Å². The fourth-order valence-electron chi connectivity index (χ4n) is 10.5. The number of unbranched alkanes of at least 4 members (excludes halogenated alkanes) is 4. The minimum atomic E-state index is 0.628. The van der Waals surface area contributed by atoms with Crippen LogP contribution >= 0.6 is 0 Å². The lowest BCUT2D eigenvalue weighted by atomic mass is 9.44. The molecule has 39 heavy (non-hydrogen) atoms. The van der Waals surface area contributed by atoms with Crippen molar-refractivity contribution in [3.63, 3.8) is 0 Å². The zero-order valence-electron chi connectivity index (χ0n) is 27.9. The van der Waals surface area contributed by atoms with Gasteiger partial charge >= 0.3 is 0 Å². The minimum Gasteiger partial charge on any atom is -0.320 e. The average Bonchev–Trinajstić information content (AvgIpc) is 3.30. The Morgan fingerprint density at radius 2 is 1.49 bits per heavy atom. The Kier molecular flexibility index (Phi) is 14.9. The van der Waals surface area contributed by atoms with E-state index < -0.39 is 0 Å². The molecule has 4 aliphatic carbocycles. The van der Waals surface area contributed by atoms with Crippen LogP contribution in [0.25, 0.3) is 0 Å². The van der Waals surface area contributed by atoms with E-state index in [4.69, 9.17) is 0 Å². The van der Waals surface area contributed by atoms with Gasteiger partial charge < -0.3 is 5.32 Å². The first-order chi connectivity index (χ1) is 18.8. The highest BCUT2D eigenvalue weighted by Gasteiger charge is 2.60. The standard InChI is InChI=1S/C34H61N.C2H6.C2H4/c1-25(2)13-14-26(3)30-17-18-31-29-16-15-28-24-27(12-10-8-7-9-11-23-35-6)19-21-33(28,4)32(29)20-22-34(30,31)5;2*1-2/h26-32,35H,1,7-24H2,2-6H3;1-2H3;1-2H2. The van der Waals surface area contributed by atoms with Crippen molar-refractivity contribution in [1.29, 1.82) is 0 Å². The summed E-state index contributed by atoms with van der Waals surface area (Å²) in [6.07, 6.45) is 25.2. The summed E-state index contributed by atoms with van der Waals surface area (Å²) in [5.74, 6) is 7.03. The van der Waals surface area contributed by atoms with Crippen LogP contribution in [0.4, 0.5) is 0 Å². The second-order valence-corrected chi connectivity index (χ2v) is 14.7. The van der Waals surface area contributed by atoms with E-state index in [1.54, 1.807) is 38.5 Å². The first kappa shape index (κ1) is 34.6. The number of nitrogens with one attached hydrogen (secondary N) is 1. The first-order valence-electron chi connectivity index (χ1n) is 17.6. The molecule has 0 aliphatic heterocycles. The summed E-state index contributed by atoms with van der Waals surface area (Å²) < 4.78 is 0. The van der Waals surface area contributed by atoms with Crippen LogP contribution in [0, 0.1) is 52.3 Å². The van der Waals surface area contributed by atoms with E-state index in [2.05, 4.69) is 59.8 Å². The second kappa shape index (κ2) is 16.8. The monoisotopic (exact) mass is 542 g/mol. The fraction of sp³-hybridized carbons (Fsp3) is 0.895. The third kappa shape index (κ3) is 8.26. The Balaban J connectivity index is 0.00000127. The number of fused-ring (bicyclic) bond motifs is 5. The van der Waals surface area contributed by atoms with Crippen molar-refractivity contribution in [3.8, 4) is 0 Å². The number of hydrogen-bond donors (Lipinski definition) is 1. The lowest BCUT2D eigenvalue weighted by molar-refractivity contribution is -0.121. The first-order valence-corrected chi connectivity index (χ1v) is 17.6. The normalized spacial score (nSPS) is 37.6. The summed E-state index contributed by atoms with van der Waals surface area (Å²) in [5.41, 5.74) is 2.67. The summed E-state index contributed by atoms with van der Waals surface area (Å²) in [5, 5.41) is 3.29. The molecule has 228 valence electrons. The highest BCUT2D eigenvalue weighted by Crippen LogP contribution is 2.68. The van der Waals surface area contributed by atoms with Gasteiger partial charge in [-0.1, -0.05) is 72.3 Å². The number of rotatable bonds is 12. The van der Waals surface area contributed by atoms with Crippen molar-refractivity contribution in [2.75, 3.05) is 13.6 Å². The van der Waals surface area contributed by atoms with Crippen LogP contribution in [0.2, 0.25) is 0 Å².